The number of nitrogens with one attached hydrogen (secondary N) is 1. The molecule has 1 rings (SSSR count). The number of hydrogen-bond acceptors (Lipinski definition) is 4. The zero-order chi connectivity index (χ0) is 11.5. The van der Waals surface area contributed by atoms with Crippen LogP contribution >= 0.6 is 0 Å². The van der Waals surface area contributed by atoms with Gasteiger partial charge in [-0.3, -0.25) is 4.79 Å². The topological polar surface area (TPSA) is 107 Å². The van der Waals surface area contributed by atoms with E-state index >= 15 is 0 Å². The van der Waals surface area contributed by atoms with Crippen LogP contribution in [0, 0.1) is 17.2 Å². The lowest BCUT2D eigenvalue weighted by atomic mass is 10.1. The molecule has 2 N–H and O–H groups in total. The third-order valence-corrected chi connectivity index (χ3v) is 3.58. The van der Waals surface area contributed by atoms with Crippen LogP contribution in [0.25, 0.3) is 0 Å². The predicted octanol–water partition coefficient (Wildman–Crippen LogP) is -0.317. The second kappa shape index (κ2) is 4.59. The van der Waals surface area contributed by atoms with E-state index in [1.165, 1.54) is 0 Å². The molecule has 15 heavy (non-hydrogen) atoms. The molecule has 0 spiro atoms. The highest BCUT2D eigenvalue weighted by Crippen LogP contribution is 2.25. The Kier molecular flexibility index (Phi) is 3.66. The van der Waals surface area contributed by atoms with Crippen molar-refractivity contribution in [1.82, 2.24) is 4.72 Å². The summed E-state index contributed by atoms with van der Waals surface area (Å²) in [6.45, 7) is 0. The van der Waals surface area contributed by atoms with Gasteiger partial charge in [-0.15, -0.1) is 0 Å². The number of sulfonamides is 1. The van der Waals surface area contributed by atoms with E-state index in [0.717, 1.165) is 0 Å². The van der Waals surface area contributed by atoms with Gasteiger partial charge < -0.3 is 5.11 Å². The molecular formula is C8H12N2O4S. The van der Waals surface area contributed by atoms with Crippen LogP contribution in [0.15, 0.2) is 0 Å². The standard InChI is InChI=1S/C8H12N2O4S/c9-3-4-15(13,14)10-7-2-1-6(5-7)8(11)12/h6-7,10H,1-2,4-5H2,(H,11,12)/t6-,7+/m1/s1. The van der Waals surface area contributed by atoms with Gasteiger partial charge in [0.15, 0.2) is 5.75 Å². The van der Waals surface area contributed by atoms with Gasteiger partial charge in [-0.2, -0.15) is 5.26 Å². The lowest BCUT2D eigenvalue weighted by molar-refractivity contribution is -0.141. The van der Waals surface area contributed by atoms with E-state index < -0.39 is 27.7 Å². The van der Waals surface area contributed by atoms with E-state index in [1.54, 1.807) is 6.07 Å². The van der Waals surface area contributed by atoms with E-state index in [4.69, 9.17) is 10.4 Å². The van der Waals surface area contributed by atoms with Crippen LogP contribution in [0.5, 0.6) is 0 Å². The molecule has 0 bridgehead atoms. The van der Waals surface area contributed by atoms with E-state index in [1.807, 2.05) is 0 Å². The Hall–Kier alpha value is -1.13. The molecule has 0 radical (unpaired) electrons. The molecule has 0 aromatic rings. The average Bonchev–Trinajstić information content (AvgIpc) is 2.51. The second-order valence-corrected chi connectivity index (χ2v) is 5.33. The third-order valence-electron chi connectivity index (χ3n) is 2.38. The number of nitrogens with zero attached hydrogens (tertiary/aromatic N) is 1. The quantitative estimate of drug-likeness (QED) is 0.690. The number of nitriles is 1. The Balaban J connectivity index is 2.50. The molecule has 0 aromatic heterocycles. The maximum Gasteiger partial charge on any atom is 0.306 e. The van der Waals surface area contributed by atoms with Crippen molar-refractivity contribution in [3.8, 4) is 6.07 Å². The molecule has 1 fully saturated rings. The molecular weight excluding hydrogens is 220 g/mol. The summed E-state index contributed by atoms with van der Waals surface area (Å²) in [6, 6.07) is 1.21. The van der Waals surface area contributed by atoms with E-state index in [0.29, 0.717) is 19.3 Å². The summed E-state index contributed by atoms with van der Waals surface area (Å²) in [5.41, 5.74) is 0. The van der Waals surface area contributed by atoms with Crippen molar-refractivity contribution in [2.75, 3.05) is 5.75 Å². The molecule has 0 amide bonds. The summed E-state index contributed by atoms with van der Waals surface area (Å²) in [5.74, 6) is -1.95. The fraction of sp³-hybridized carbons (Fsp3) is 0.750. The Morgan fingerprint density at radius 3 is 2.67 bits per heavy atom. The number of carbonyl (C=O) groups is 1. The van der Waals surface area contributed by atoms with Gasteiger partial charge in [0.25, 0.3) is 0 Å². The minimum Gasteiger partial charge on any atom is -0.481 e. The summed E-state index contributed by atoms with van der Waals surface area (Å²) in [4.78, 5) is 10.6. The molecule has 1 saturated carbocycles. The van der Waals surface area contributed by atoms with Gasteiger partial charge in [-0.1, -0.05) is 0 Å². The van der Waals surface area contributed by atoms with Gasteiger partial charge in [0.1, 0.15) is 0 Å². The molecule has 0 unspecified atom stereocenters. The first kappa shape index (κ1) is 11.9. The Morgan fingerprint density at radius 1 is 1.53 bits per heavy atom. The van der Waals surface area contributed by atoms with Gasteiger partial charge in [0.05, 0.1) is 12.0 Å². The van der Waals surface area contributed by atoms with E-state index in [2.05, 4.69) is 4.72 Å². The number of hydrogen-bond donors (Lipinski definition) is 2. The van der Waals surface area contributed by atoms with Crippen molar-refractivity contribution in [3.05, 3.63) is 0 Å². The first-order valence-corrected chi connectivity index (χ1v) is 6.19. The second-order valence-electron chi connectivity index (χ2n) is 3.58. The van der Waals surface area contributed by atoms with Crippen molar-refractivity contribution >= 4 is 16.0 Å². The maximum atomic E-state index is 11.2. The zero-order valence-electron chi connectivity index (χ0n) is 8.01. The van der Waals surface area contributed by atoms with Gasteiger partial charge in [0, 0.05) is 6.04 Å². The minimum absolute atomic E-state index is 0.306. The van der Waals surface area contributed by atoms with Gasteiger partial charge in [-0.05, 0) is 19.3 Å². The Bertz CT molecular complexity index is 384. The lowest BCUT2D eigenvalue weighted by Gasteiger charge is -2.10. The SMILES string of the molecule is N#CCS(=O)(=O)N[C@H]1CC[C@@H](C(=O)O)C1. The molecule has 1 aliphatic rings. The third kappa shape index (κ3) is 3.49. The molecule has 0 saturated heterocycles. The summed E-state index contributed by atoms with van der Waals surface area (Å²) in [5, 5.41) is 17.0. The normalized spacial score (nSPS) is 26.1. The van der Waals surface area contributed by atoms with Crippen LogP contribution in [-0.4, -0.2) is 31.3 Å². The van der Waals surface area contributed by atoms with Gasteiger partial charge in [-0.25, -0.2) is 13.1 Å². The number of aliphatic carboxylic acids is 1. The van der Waals surface area contributed by atoms with Crippen molar-refractivity contribution in [2.45, 2.75) is 25.3 Å². The summed E-state index contributed by atoms with van der Waals surface area (Å²) >= 11 is 0. The molecule has 1 aliphatic carbocycles. The van der Waals surface area contributed by atoms with Crippen LogP contribution < -0.4 is 4.72 Å². The fourth-order valence-electron chi connectivity index (χ4n) is 1.69. The Morgan fingerprint density at radius 2 is 2.20 bits per heavy atom. The smallest absolute Gasteiger partial charge is 0.306 e. The van der Waals surface area contributed by atoms with Gasteiger partial charge in [0.2, 0.25) is 10.0 Å². The molecule has 0 aromatic carbocycles. The molecule has 0 aliphatic heterocycles. The fourth-order valence-corrected chi connectivity index (χ4v) is 2.67. The van der Waals surface area contributed by atoms with Crippen LogP contribution in [0.1, 0.15) is 19.3 Å². The summed E-state index contributed by atoms with van der Waals surface area (Å²) < 4.78 is 24.7. The van der Waals surface area contributed by atoms with Crippen molar-refractivity contribution in [1.29, 1.82) is 5.26 Å². The molecule has 0 heterocycles. The zero-order valence-corrected chi connectivity index (χ0v) is 8.83. The van der Waals surface area contributed by atoms with Crippen molar-refractivity contribution in [2.24, 2.45) is 5.92 Å². The highest BCUT2D eigenvalue weighted by atomic mass is 32.2. The van der Waals surface area contributed by atoms with Crippen LogP contribution in [0.4, 0.5) is 0 Å². The number of carboxylic acids is 1. The van der Waals surface area contributed by atoms with E-state index in [9.17, 15) is 13.2 Å². The van der Waals surface area contributed by atoms with Gasteiger partial charge >= 0.3 is 5.97 Å². The average molecular weight is 232 g/mol. The summed E-state index contributed by atoms with van der Waals surface area (Å²) in [6.07, 6.45) is 1.30. The highest BCUT2D eigenvalue weighted by molar-refractivity contribution is 7.89. The van der Waals surface area contributed by atoms with Crippen LogP contribution in [0.3, 0.4) is 0 Å². The van der Waals surface area contributed by atoms with Crippen LogP contribution in [-0.2, 0) is 14.8 Å². The predicted molar refractivity (Wildman–Crippen MR) is 51.3 cm³/mol. The maximum absolute atomic E-state index is 11.2. The number of rotatable bonds is 4. The molecule has 7 heteroatoms. The Labute approximate surface area is 87.9 Å². The monoisotopic (exact) mass is 232 g/mol. The van der Waals surface area contributed by atoms with Crippen molar-refractivity contribution < 1.29 is 18.3 Å². The first-order chi connectivity index (χ1) is 6.94. The molecule has 2 atom stereocenters. The first-order valence-electron chi connectivity index (χ1n) is 4.54. The summed E-state index contributed by atoms with van der Waals surface area (Å²) in [7, 11) is -3.57. The van der Waals surface area contributed by atoms with Crippen molar-refractivity contribution in [3.63, 3.8) is 0 Å². The largest absolute Gasteiger partial charge is 0.481 e. The lowest BCUT2D eigenvalue weighted by Crippen LogP contribution is -2.34. The molecule has 6 nitrogen and oxygen atoms in total. The number of carboxylic acid groups (broad SMARTS) is 1. The van der Waals surface area contributed by atoms with E-state index in [-0.39, 0.29) is 6.04 Å². The highest BCUT2D eigenvalue weighted by Gasteiger charge is 2.31. The molecule has 84 valence electrons. The van der Waals surface area contributed by atoms with Crippen LogP contribution in [0.2, 0.25) is 0 Å². The minimum atomic E-state index is -3.57.